The van der Waals surface area contributed by atoms with Crippen LogP contribution in [0.15, 0.2) is 42.5 Å². The number of benzene rings is 1. The summed E-state index contributed by atoms with van der Waals surface area (Å²) in [5.74, 6) is 2.59. The zero-order valence-electron chi connectivity index (χ0n) is 33.2. The Bertz CT molecular complexity index is 1790. The van der Waals surface area contributed by atoms with E-state index >= 15 is 0 Å². The molecule has 5 aliphatic carbocycles. The first-order valence-electron chi connectivity index (χ1n) is 20.5. The summed E-state index contributed by atoms with van der Waals surface area (Å²) in [5, 5.41) is 13.8. The van der Waals surface area contributed by atoms with Gasteiger partial charge in [-0.05, 0) is 139 Å². The number of allylic oxidation sites excluding steroid dienone is 3. The molecule has 0 radical (unpaired) electrons. The SMILES string of the molecule is C=C(C)[C@@H]1CC[C@]2(NCCN3CC4[C@@H](C)C3N4S(C)(=O)=O)CC[C@]3(C)[C@H](CC[C@@H]4[C@@]5(C)CC=C(c6ccc(C(=O)O)cc6)C(C)(C)[C@@H]5CC[C@]43C)[C@@H]12. The Morgan fingerprint density at radius 3 is 2.31 bits per heavy atom. The molecule has 3 heterocycles. The van der Waals surface area contributed by atoms with Crippen LogP contribution < -0.4 is 5.32 Å². The Balaban J connectivity index is 1.04. The van der Waals surface area contributed by atoms with Crippen LogP contribution in [0.1, 0.15) is 122 Å². The Kier molecular flexibility index (Phi) is 8.53. The van der Waals surface area contributed by atoms with Crippen molar-refractivity contribution < 1.29 is 18.3 Å². The number of carbonyl (C=O) groups is 1. The summed E-state index contributed by atoms with van der Waals surface area (Å²) in [6.07, 6.45) is 15.1. The molecule has 8 aliphatic rings. The summed E-state index contributed by atoms with van der Waals surface area (Å²) in [6, 6.07) is 7.72. The Hall–Kier alpha value is -2.00. The molecule has 2 unspecified atom stereocenters. The van der Waals surface area contributed by atoms with E-state index in [9.17, 15) is 18.3 Å². The molecule has 1 aromatic rings. The number of fused-ring (bicyclic) bond motifs is 8. The number of nitrogens with one attached hydrogen (secondary N) is 1. The fraction of sp³-hybridized carbons (Fsp3) is 0.750. The lowest BCUT2D eigenvalue weighted by Gasteiger charge is -2.72. The molecule has 1 aromatic carbocycles. The van der Waals surface area contributed by atoms with E-state index in [0.29, 0.717) is 41.1 Å². The van der Waals surface area contributed by atoms with Crippen LogP contribution in [-0.2, 0) is 10.0 Å². The fourth-order valence-corrected chi connectivity index (χ4v) is 16.8. The minimum atomic E-state index is -3.18. The average Bonchev–Trinajstić information content (AvgIpc) is 3.74. The quantitative estimate of drug-likeness (QED) is 0.262. The van der Waals surface area contributed by atoms with Crippen LogP contribution in [0.2, 0.25) is 0 Å². The average molecular weight is 732 g/mol. The smallest absolute Gasteiger partial charge is 0.335 e. The topological polar surface area (TPSA) is 90.0 Å². The molecule has 2 N–H and O–H groups in total. The van der Waals surface area contributed by atoms with Gasteiger partial charge in [-0.3, -0.25) is 4.90 Å². The van der Waals surface area contributed by atoms with E-state index in [-0.39, 0.29) is 39.4 Å². The molecule has 286 valence electrons. The normalized spacial score (nSPS) is 45.2. The third-order valence-electron chi connectivity index (χ3n) is 17.8. The van der Waals surface area contributed by atoms with Gasteiger partial charge in [0.05, 0.1) is 18.0 Å². The van der Waals surface area contributed by atoms with E-state index in [1.54, 1.807) is 16.4 Å². The minimum absolute atomic E-state index is 0.00489. The number of hydrogen-bond acceptors (Lipinski definition) is 5. The number of aromatic carboxylic acids is 1. The molecule has 4 saturated carbocycles. The zero-order valence-corrected chi connectivity index (χ0v) is 34.0. The van der Waals surface area contributed by atoms with Gasteiger partial charge in [-0.2, -0.15) is 4.31 Å². The van der Waals surface area contributed by atoms with Crippen LogP contribution in [0.3, 0.4) is 0 Å². The number of carboxylic acid groups (broad SMARTS) is 1. The molecule has 0 aromatic heterocycles. The van der Waals surface area contributed by atoms with Crippen LogP contribution >= 0.6 is 0 Å². The number of rotatable bonds is 8. The highest BCUT2D eigenvalue weighted by Gasteiger charge is 2.70. The Morgan fingerprint density at radius 1 is 0.962 bits per heavy atom. The third kappa shape index (κ3) is 4.97. The summed E-state index contributed by atoms with van der Waals surface area (Å²) < 4.78 is 26.8. The molecule has 0 amide bonds. The van der Waals surface area contributed by atoms with E-state index in [1.807, 2.05) is 12.1 Å². The molecule has 8 heteroatoms. The monoisotopic (exact) mass is 731 g/mol. The molecule has 3 aliphatic heterocycles. The van der Waals surface area contributed by atoms with Crippen molar-refractivity contribution in [2.75, 3.05) is 25.9 Å². The first kappa shape index (κ1) is 36.9. The summed E-state index contributed by atoms with van der Waals surface area (Å²) in [4.78, 5) is 14.0. The molecule has 52 heavy (non-hydrogen) atoms. The van der Waals surface area contributed by atoms with E-state index in [2.05, 4.69) is 71.3 Å². The predicted molar refractivity (Wildman–Crippen MR) is 209 cm³/mol. The molecule has 0 spiro atoms. The van der Waals surface area contributed by atoms with Crippen molar-refractivity contribution in [2.24, 2.45) is 57.2 Å². The van der Waals surface area contributed by atoms with Crippen molar-refractivity contribution in [3.63, 3.8) is 0 Å². The molecular weight excluding hydrogens is 667 g/mol. The van der Waals surface area contributed by atoms with Crippen LogP contribution in [-0.4, -0.2) is 72.3 Å². The summed E-state index contributed by atoms with van der Waals surface area (Å²) >= 11 is 0. The maximum Gasteiger partial charge on any atom is 0.335 e. The molecule has 2 bridgehead atoms. The number of sulfonamides is 1. The summed E-state index contributed by atoms with van der Waals surface area (Å²) in [5.41, 5.74) is 5.16. The van der Waals surface area contributed by atoms with Crippen molar-refractivity contribution in [1.82, 2.24) is 14.5 Å². The summed E-state index contributed by atoms with van der Waals surface area (Å²) in [6.45, 7) is 24.8. The van der Waals surface area contributed by atoms with Gasteiger partial charge in [0.25, 0.3) is 0 Å². The summed E-state index contributed by atoms with van der Waals surface area (Å²) in [7, 11) is -3.18. The lowest BCUT2D eigenvalue weighted by Crippen LogP contribution is -2.68. The van der Waals surface area contributed by atoms with Gasteiger partial charge in [-0.25, -0.2) is 13.2 Å². The third-order valence-corrected chi connectivity index (χ3v) is 19.1. The highest BCUT2D eigenvalue weighted by molar-refractivity contribution is 7.88. The van der Waals surface area contributed by atoms with Crippen molar-refractivity contribution in [2.45, 2.75) is 124 Å². The maximum atomic E-state index is 12.5. The second-order valence-electron chi connectivity index (χ2n) is 20.1. The van der Waals surface area contributed by atoms with Gasteiger partial charge in [0.2, 0.25) is 10.0 Å². The highest BCUT2D eigenvalue weighted by atomic mass is 32.2. The van der Waals surface area contributed by atoms with Gasteiger partial charge in [-0.15, -0.1) is 0 Å². The van der Waals surface area contributed by atoms with Crippen LogP contribution in [0.25, 0.3) is 5.57 Å². The van der Waals surface area contributed by atoms with Gasteiger partial charge in [-0.1, -0.05) is 71.9 Å². The largest absolute Gasteiger partial charge is 0.478 e. The molecule has 9 rings (SSSR count). The molecule has 3 saturated heterocycles. The molecule has 7 nitrogen and oxygen atoms in total. The van der Waals surface area contributed by atoms with Gasteiger partial charge in [0, 0.05) is 37.1 Å². The minimum Gasteiger partial charge on any atom is -0.478 e. The lowest BCUT2D eigenvalue weighted by molar-refractivity contribution is -0.219. The van der Waals surface area contributed by atoms with Crippen LogP contribution in [0.5, 0.6) is 0 Å². The molecule has 7 fully saturated rings. The second-order valence-corrected chi connectivity index (χ2v) is 22.0. The fourth-order valence-electron chi connectivity index (χ4n) is 15.3. The highest BCUT2D eigenvalue weighted by Crippen LogP contribution is 2.76. The standard InChI is InChI=1S/C44H65N3O4S/c1-27(2)31-16-21-44(45-24-25-46-26-34-28(3)38(46)47(34)52(9,50)51)23-22-42(7)33(37(31)44)14-15-36-41(6)19-17-32(29-10-12-30(13-11-29)39(48)49)40(4,5)35(41)18-20-43(36,42)8/h10-13,17,28,31,33-38,45H,1,14-16,18-26H2,2-9H3,(H,48,49)/t28-,31+,33-,34?,35+,36-,37-,38?,41+,42-,43-,44+/m1/s1. The maximum absolute atomic E-state index is 12.5. The van der Waals surface area contributed by atoms with Crippen LogP contribution in [0.4, 0.5) is 0 Å². The van der Waals surface area contributed by atoms with E-state index in [4.69, 9.17) is 0 Å². The zero-order chi connectivity index (χ0) is 37.4. The number of nitrogens with zero attached hydrogens (tertiary/aromatic N) is 2. The Morgan fingerprint density at radius 2 is 1.67 bits per heavy atom. The first-order chi connectivity index (χ1) is 24.3. The van der Waals surface area contributed by atoms with Gasteiger partial charge in [0.15, 0.2) is 0 Å². The Labute approximate surface area is 314 Å². The van der Waals surface area contributed by atoms with Crippen molar-refractivity contribution in [3.8, 4) is 0 Å². The predicted octanol–water partition coefficient (Wildman–Crippen LogP) is 8.30. The van der Waals surface area contributed by atoms with E-state index in [1.165, 1.54) is 74.3 Å². The van der Waals surface area contributed by atoms with Crippen molar-refractivity contribution in [3.05, 3.63) is 53.6 Å². The van der Waals surface area contributed by atoms with E-state index < -0.39 is 16.0 Å². The lowest BCUT2D eigenvalue weighted by atomic mass is 9.33. The second kappa shape index (κ2) is 12.0. The molecular formula is C44H65N3O4S. The van der Waals surface area contributed by atoms with Crippen molar-refractivity contribution in [1.29, 1.82) is 0 Å². The molecule has 12 atom stereocenters. The number of carboxylic acids is 1. The van der Waals surface area contributed by atoms with Gasteiger partial charge < -0.3 is 10.4 Å². The van der Waals surface area contributed by atoms with Crippen molar-refractivity contribution >= 4 is 21.6 Å². The van der Waals surface area contributed by atoms with Crippen LogP contribution in [0, 0.1) is 57.2 Å². The van der Waals surface area contributed by atoms with E-state index in [0.717, 1.165) is 26.1 Å². The van der Waals surface area contributed by atoms with Gasteiger partial charge in [0.1, 0.15) is 0 Å². The first-order valence-corrected chi connectivity index (χ1v) is 22.3. The number of hydrogen-bond donors (Lipinski definition) is 2. The van der Waals surface area contributed by atoms with Gasteiger partial charge >= 0.3 is 5.97 Å².